The van der Waals surface area contributed by atoms with E-state index >= 15 is 0 Å². The molecular weight excluding hydrogens is 295 g/mol. The van der Waals surface area contributed by atoms with Gasteiger partial charge in [-0.2, -0.15) is 13.2 Å². The fourth-order valence-electron chi connectivity index (χ4n) is 2.05. The van der Waals surface area contributed by atoms with Gasteiger partial charge >= 0.3 is 12.1 Å². The molecule has 4 nitrogen and oxygen atoms in total. The van der Waals surface area contributed by atoms with E-state index in [1.165, 1.54) is 6.07 Å². The van der Waals surface area contributed by atoms with Gasteiger partial charge in [0, 0.05) is 41.1 Å². The van der Waals surface area contributed by atoms with Crippen LogP contribution in [0.3, 0.4) is 0 Å². The number of carbonyl (C=O) groups is 1. The maximum atomic E-state index is 12.7. The molecule has 1 aliphatic heterocycles. The molecule has 1 saturated heterocycles. The van der Waals surface area contributed by atoms with Crippen LogP contribution in [0.15, 0.2) is 18.2 Å². The summed E-state index contributed by atoms with van der Waals surface area (Å²) in [5, 5.41) is 8.93. The third-order valence-corrected chi connectivity index (χ3v) is 4.36. The summed E-state index contributed by atoms with van der Waals surface area (Å²) in [5.74, 6) is -0.743. The first-order valence-electron chi connectivity index (χ1n) is 5.83. The first-order valence-corrected chi connectivity index (χ1v) is 7.32. The summed E-state index contributed by atoms with van der Waals surface area (Å²) in [6.45, 7) is 0.883. The van der Waals surface area contributed by atoms with Crippen molar-refractivity contribution < 1.29 is 27.3 Å². The largest absolute Gasteiger partial charge is 0.478 e. The molecule has 0 aliphatic carbocycles. The zero-order valence-corrected chi connectivity index (χ0v) is 11.1. The van der Waals surface area contributed by atoms with Crippen molar-refractivity contribution in [3.8, 4) is 0 Å². The van der Waals surface area contributed by atoms with Gasteiger partial charge in [0.1, 0.15) is 0 Å². The highest BCUT2D eigenvalue weighted by Crippen LogP contribution is 2.34. The molecule has 8 heteroatoms. The summed E-state index contributed by atoms with van der Waals surface area (Å²) in [4.78, 5) is 12.7. The molecule has 1 aromatic rings. The van der Waals surface area contributed by atoms with Crippen molar-refractivity contribution in [3.05, 3.63) is 29.3 Å². The van der Waals surface area contributed by atoms with Crippen LogP contribution >= 0.6 is 0 Å². The second-order valence-electron chi connectivity index (χ2n) is 4.37. The first kappa shape index (κ1) is 14.8. The Balaban J connectivity index is 2.35. The predicted molar refractivity (Wildman–Crippen MR) is 68.5 cm³/mol. The molecule has 0 radical (unpaired) electrons. The van der Waals surface area contributed by atoms with Gasteiger partial charge in [0.25, 0.3) is 0 Å². The molecule has 2 rings (SSSR count). The van der Waals surface area contributed by atoms with Crippen LogP contribution in [-0.2, 0) is 17.0 Å². The van der Waals surface area contributed by atoms with Gasteiger partial charge in [-0.3, -0.25) is 4.21 Å². The summed E-state index contributed by atoms with van der Waals surface area (Å²) in [6, 6.07) is 3.06. The molecule has 0 saturated carbocycles. The zero-order chi connectivity index (χ0) is 14.9. The standard InChI is InChI=1S/C12H12F3NO3S/c13-12(14,15)10-2-1-8(7-9(10)11(17)18)16-3-5-20(19)6-4-16/h1-2,7H,3-6H2,(H,17,18). The minimum absolute atomic E-state index is 0.409. The first-order chi connectivity index (χ1) is 9.29. The van der Waals surface area contributed by atoms with Gasteiger partial charge in [-0.1, -0.05) is 0 Å². The van der Waals surface area contributed by atoms with Crippen molar-refractivity contribution in [1.82, 2.24) is 0 Å². The lowest BCUT2D eigenvalue weighted by Gasteiger charge is -2.29. The van der Waals surface area contributed by atoms with E-state index < -0.39 is 34.1 Å². The van der Waals surface area contributed by atoms with Crippen LogP contribution in [0.2, 0.25) is 0 Å². The van der Waals surface area contributed by atoms with Crippen LogP contribution in [0.1, 0.15) is 15.9 Å². The molecule has 1 N–H and O–H groups in total. The van der Waals surface area contributed by atoms with Gasteiger partial charge in [0.15, 0.2) is 0 Å². The topological polar surface area (TPSA) is 57.6 Å². The Morgan fingerprint density at radius 3 is 2.35 bits per heavy atom. The number of aromatic carboxylic acids is 1. The molecule has 0 spiro atoms. The molecule has 110 valence electrons. The normalized spacial score (nSPS) is 17.2. The van der Waals surface area contributed by atoms with Crippen molar-refractivity contribution in [2.75, 3.05) is 29.5 Å². The molecule has 0 aromatic heterocycles. The SMILES string of the molecule is O=C(O)c1cc(N2CCS(=O)CC2)ccc1C(F)(F)F. The minimum Gasteiger partial charge on any atom is -0.478 e. The number of hydrogen-bond acceptors (Lipinski definition) is 3. The molecule has 1 fully saturated rings. The van der Waals surface area contributed by atoms with Crippen LogP contribution < -0.4 is 4.90 Å². The highest BCUT2D eigenvalue weighted by Gasteiger charge is 2.35. The maximum Gasteiger partial charge on any atom is 0.417 e. The number of hydrogen-bond donors (Lipinski definition) is 1. The molecule has 0 bridgehead atoms. The molecular formula is C12H12F3NO3S. The molecule has 0 atom stereocenters. The van der Waals surface area contributed by atoms with Crippen LogP contribution in [0.4, 0.5) is 18.9 Å². The van der Waals surface area contributed by atoms with E-state index in [0.717, 1.165) is 12.1 Å². The van der Waals surface area contributed by atoms with Gasteiger partial charge in [0.05, 0.1) is 11.1 Å². The minimum atomic E-state index is -4.70. The fraction of sp³-hybridized carbons (Fsp3) is 0.417. The summed E-state index contributed by atoms with van der Waals surface area (Å²) in [5.41, 5.74) is -1.51. The average Bonchev–Trinajstić information content (AvgIpc) is 2.37. The molecule has 0 amide bonds. The number of carboxylic acids is 1. The quantitative estimate of drug-likeness (QED) is 0.907. The predicted octanol–water partition coefficient (Wildman–Crippen LogP) is 1.97. The highest BCUT2D eigenvalue weighted by molar-refractivity contribution is 7.85. The Bertz CT molecular complexity index is 549. The second kappa shape index (κ2) is 5.43. The van der Waals surface area contributed by atoms with E-state index in [2.05, 4.69) is 0 Å². The van der Waals surface area contributed by atoms with Gasteiger partial charge < -0.3 is 10.0 Å². The van der Waals surface area contributed by atoms with Crippen LogP contribution in [0.25, 0.3) is 0 Å². The van der Waals surface area contributed by atoms with Gasteiger partial charge in [0.2, 0.25) is 0 Å². The van der Waals surface area contributed by atoms with E-state index in [-0.39, 0.29) is 0 Å². The molecule has 0 unspecified atom stereocenters. The van der Waals surface area contributed by atoms with Crippen molar-refractivity contribution in [3.63, 3.8) is 0 Å². The van der Waals surface area contributed by atoms with Crippen molar-refractivity contribution >= 4 is 22.5 Å². The third-order valence-electron chi connectivity index (χ3n) is 3.08. The Morgan fingerprint density at radius 2 is 1.85 bits per heavy atom. The lowest BCUT2D eigenvalue weighted by Crippen LogP contribution is -2.37. The molecule has 1 heterocycles. The lowest BCUT2D eigenvalue weighted by atomic mass is 10.1. The average molecular weight is 307 g/mol. The number of benzene rings is 1. The lowest BCUT2D eigenvalue weighted by molar-refractivity contribution is -0.138. The van der Waals surface area contributed by atoms with E-state index in [0.29, 0.717) is 30.3 Å². The molecule has 1 aliphatic rings. The van der Waals surface area contributed by atoms with E-state index in [1.54, 1.807) is 4.90 Å². The van der Waals surface area contributed by atoms with Crippen molar-refractivity contribution in [1.29, 1.82) is 0 Å². The van der Waals surface area contributed by atoms with Gasteiger partial charge in [-0.15, -0.1) is 0 Å². The number of alkyl halides is 3. The number of halogens is 3. The maximum absolute atomic E-state index is 12.7. The Morgan fingerprint density at radius 1 is 1.25 bits per heavy atom. The highest BCUT2D eigenvalue weighted by atomic mass is 32.2. The summed E-state index contributed by atoms with van der Waals surface area (Å²) in [6.07, 6.45) is -4.70. The van der Waals surface area contributed by atoms with Crippen molar-refractivity contribution in [2.24, 2.45) is 0 Å². The van der Waals surface area contributed by atoms with E-state index in [1.807, 2.05) is 0 Å². The second-order valence-corrected chi connectivity index (χ2v) is 6.06. The van der Waals surface area contributed by atoms with Gasteiger partial charge in [-0.25, -0.2) is 4.79 Å². The number of anilines is 1. The smallest absolute Gasteiger partial charge is 0.417 e. The van der Waals surface area contributed by atoms with Crippen LogP contribution in [0.5, 0.6) is 0 Å². The molecule has 1 aromatic carbocycles. The Hall–Kier alpha value is -1.57. The summed E-state index contributed by atoms with van der Waals surface area (Å²) >= 11 is 0. The van der Waals surface area contributed by atoms with Crippen molar-refractivity contribution in [2.45, 2.75) is 6.18 Å². The van der Waals surface area contributed by atoms with E-state index in [4.69, 9.17) is 5.11 Å². The molecule has 20 heavy (non-hydrogen) atoms. The number of rotatable bonds is 2. The number of carboxylic acid groups (broad SMARTS) is 1. The van der Waals surface area contributed by atoms with Crippen LogP contribution in [-0.4, -0.2) is 39.9 Å². The monoisotopic (exact) mass is 307 g/mol. The van der Waals surface area contributed by atoms with E-state index in [9.17, 15) is 22.2 Å². The zero-order valence-electron chi connectivity index (χ0n) is 10.3. The number of nitrogens with zero attached hydrogens (tertiary/aromatic N) is 1. The fourth-order valence-corrected chi connectivity index (χ4v) is 3.10. The summed E-state index contributed by atoms with van der Waals surface area (Å²) in [7, 11) is -0.905. The Labute approximate surface area is 115 Å². The summed E-state index contributed by atoms with van der Waals surface area (Å²) < 4.78 is 49.4. The third kappa shape index (κ3) is 3.12. The Kier molecular flexibility index (Phi) is 4.03. The van der Waals surface area contributed by atoms with Crippen LogP contribution in [0, 0.1) is 0 Å². The van der Waals surface area contributed by atoms with Gasteiger partial charge in [-0.05, 0) is 18.2 Å².